The van der Waals surface area contributed by atoms with Gasteiger partial charge in [-0.15, -0.1) is 0 Å². The zero-order valence-corrected chi connectivity index (χ0v) is 12.0. The molecule has 0 saturated carbocycles. The standard InChI is InChI=1S/C16H18FN3O/c1-19-11-13(10-18-19)16(21)20-8-3-2-7-15(20)12-5-4-6-14(17)9-12/h4-6,9-11,15H,2-3,7-8H2,1H3/t15-/m0/s1. The number of carbonyl (C=O) groups excluding carboxylic acids is 1. The molecular weight excluding hydrogens is 269 g/mol. The van der Waals surface area contributed by atoms with Crippen molar-refractivity contribution in [2.45, 2.75) is 25.3 Å². The van der Waals surface area contributed by atoms with Crippen LogP contribution in [0.2, 0.25) is 0 Å². The summed E-state index contributed by atoms with van der Waals surface area (Å²) in [4.78, 5) is 14.5. The molecular formula is C16H18FN3O. The second kappa shape index (κ2) is 5.68. The minimum Gasteiger partial charge on any atom is -0.332 e. The zero-order chi connectivity index (χ0) is 14.8. The molecule has 1 aliphatic heterocycles. The lowest BCUT2D eigenvalue weighted by atomic mass is 9.94. The number of aromatic nitrogens is 2. The Morgan fingerprint density at radius 1 is 1.38 bits per heavy atom. The topological polar surface area (TPSA) is 38.1 Å². The molecule has 1 fully saturated rings. The van der Waals surface area contributed by atoms with Crippen LogP contribution in [-0.4, -0.2) is 27.1 Å². The van der Waals surface area contributed by atoms with Crippen LogP contribution in [0.5, 0.6) is 0 Å². The number of hydrogen-bond donors (Lipinski definition) is 0. The van der Waals surface area contributed by atoms with Crippen molar-refractivity contribution in [3.8, 4) is 0 Å². The minimum absolute atomic E-state index is 0.0305. The molecule has 0 spiro atoms. The Morgan fingerprint density at radius 3 is 2.95 bits per heavy atom. The summed E-state index contributed by atoms with van der Waals surface area (Å²) in [6.45, 7) is 0.703. The first-order valence-corrected chi connectivity index (χ1v) is 7.20. The molecule has 21 heavy (non-hydrogen) atoms. The van der Waals surface area contributed by atoms with Crippen LogP contribution in [0, 0.1) is 5.82 Å². The molecule has 2 heterocycles. The maximum absolute atomic E-state index is 13.5. The van der Waals surface area contributed by atoms with Crippen molar-refractivity contribution >= 4 is 5.91 Å². The first-order chi connectivity index (χ1) is 10.1. The van der Waals surface area contributed by atoms with Crippen molar-refractivity contribution in [3.05, 3.63) is 53.6 Å². The van der Waals surface area contributed by atoms with E-state index in [1.54, 1.807) is 30.2 Å². The summed E-state index contributed by atoms with van der Waals surface area (Å²) in [5.74, 6) is -0.288. The minimum atomic E-state index is -0.258. The van der Waals surface area contributed by atoms with E-state index in [1.165, 1.54) is 12.1 Å². The Kier molecular flexibility index (Phi) is 3.73. The van der Waals surface area contributed by atoms with Gasteiger partial charge in [0.25, 0.3) is 5.91 Å². The molecule has 1 amide bonds. The smallest absolute Gasteiger partial charge is 0.257 e. The van der Waals surface area contributed by atoms with Gasteiger partial charge in [0.15, 0.2) is 0 Å². The molecule has 5 heteroatoms. The molecule has 110 valence electrons. The van der Waals surface area contributed by atoms with Crippen molar-refractivity contribution < 1.29 is 9.18 Å². The molecule has 3 rings (SSSR count). The molecule has 1 aromatic heterocycles. The fourth-order valence-corrected chi connectivity index (χ4v) is 2.93. The quantitative estimate of drug-likeness (QED) is 0.851. The van der Waals surface area contributed by atoms with Crippen LogP contribution in [0.25, 0.3) is 0 Å². The van der Waals surface area contributed by atoms with Crippen LogP contribution in [0.15, 0.2) is 36.7 Å². The van der Waals surface area contributed by atoms with Gasteiger partial charge in [-0.1, -0.05) is 12.1 Å². The molecule has 4 nitrogen and oxygen atoms in total. The molecule has 0 radical (unpaired) electrons. The second-order valence-electron chi connectivity index (χ2n) is 5.47. The molecule has 1 aromatic carbocycles. The number of halogens is 1. The third-order valence-electron chi connectivity index (χ3n) is 3.95. The first kappa shape index (κ1) is 13.8. The molecule has 0 aliphatic carbocycles. The van der Waals surface area contributed by atoms with Crippen molar-refractivity contribution in [2.24, 2.45) is 7.05 Å². The van der Waals surface area contributed by atoms with E-state index in [-0.39, 0.29) is 17.8 Å². The Hall–Kier alpha value is -2.17. The van der Waals surface area contributed by atoms with Crippen LogP contribution in [0.3, 0.4) is 0 Å². The van der Waals surface area contributed by atoms with Crippen LogP contribution >= 0.6 is 0 Å². The number of piperidine rings is 1. The highest BCUT2D eigenvalue weighted by Crippen LogP contribution is 2.32. The van der Waals surface area contributed by atoms with Gasteiger partial charge >= 0.3 is 0 Å². The van der Waals surface area contributed by atoms with E-state index < -0.39 is 0 Å². The monoisotopic (exact) mass is 287 g/mol. The van der Waals surface area contributed by atoms with Gasteiger partial charge in [-0.25, -0.2) is 4.39 Å². The second-order valence-corrected chi connectivity index (χ2v) is 5.47. The summed E-state index contributed by atoms with van der Waals surface area (Å²) in [5, 5.41) is 4.05. The number of aryl methyl sites for hydroxylation is 1. The molecule has 0 N–H and O–H groups in total. The van der Waals surface area contributed by atoms with E-state index in [2.05, 4.69) is 5.10 Å². The summed E-state index contributed by atoms with van der Waals surface area (Å²) < 4.78 is 15.1. The number of hydrogen-bond acceptors (Lipinski definition) is 2. The lowest BCUT2D eigenvalue weighted by molar-refractivity contribution is 0.0611. The highest BCUT2D eigenvalue weighted by molar-refractivity contribution is 5.94. The summed E-state index contributed by atoms with van der Waals surface area (Å²) in [7, 11) is 1.79. The van der Waals surface area contributed by atoms with Crippen molar-refractivity contribution in [2.75, 3.05) is 6.54 Å². The Labute approximate surface area is 123 Å². The maximum atomic E-state index is 13.5. The fraction of sp³-hybridized carbons (Fsp3) is 0.375. The number of amides is 1. The number of carbonyl (C=O) groups is 1. The third-order valence-corrected chi connectivity index (χ3v) is 3.95. The summed E-state index contributed by atoms with van der Waals surface area (Å²) in [6.07, 6.45) is 6.21. The average molecular weight is 287 g/mol. The van der Waals surface area contributed by atoms with Crippen LogP contribution in [-0.2, 0) is 7.05 Å². The van der Waals surface area contributed by atoms with Crippen molar-refractivity contribution in [1.82, 2.24) is 14.7 Å². The van der Waals surface area contributed by atoms with E-state index in [0.717, 1.165) is 24.8 Å². The third kappa shape index (κ3) is 2.82. The SMILES string of the molecule is Cn1cc(C(=O)N2CCCC[C@H]2c2cccc(F)c2)cn1. The fourth-order valence-electron chi connectivity index (χ4n) is 2.93. The van der Waals surface area contributed by atoms with E-state index in [4.69, 9.17) is 0 Å². The van der Waals surface area contributed by atoms with Crippen molar-refractivity contribution in [1.29, 1.82) is 0 Å². The van der Waals surface area contributed by atoms with Gasteiger partial charge in [0.05, 0.1) is 17.8 Å². The van der Waals surface area contributed by atoms with Crippen molar-refractivity contribution in [3.63, 3.8) is 0 Å². The Morgan fingerprint density at radius 2 is 2.24 bits per heavy atom. The normalized spacial score (nSPS) is 18.8. The Balaban J connectivity index is 1.89. The van der Waals surface area contributed by atoms with Crippen LogP contribution < -0.4 is 0 Å². The van der Waals surface area contributed by atoms with Gasteiger partial charge in [-0.3, -0.25) is 9.48 Å². The molecule has 1 atom stereocenters. The molecule has 1 saturated heterocycles. The summed E-state index contributed by atoms with van der Waals surface area (Å²) >= 11 is 0. The summed E-state index contributed by atoms with van der Waals surface area (Å²) in [6, 6.07) is 6.50. The molecule has 0 unspecified atom stereocenters. The largest absolute Gasteiger partial charge is 0.332 e. The lowest BCUT2D eigenvalue weighted by Crippen LogP contribution is -2.38. The van der Waals surface area contributed by atoms with E-state index in [0.29, 0.717) is 12.1 Å². The molecule has 1 aliphatic rings. The average Bonchev–Trinajstić information content (AvgIpc) is 2.93. The Bertz CT molecular complexity index is 652. The zero-order valence-electron chi connectivity index (χ0n) is 12.0. The molecule has 2 aromatic rings. The number of likely N-dealkylation sites (tertiary alicyclic amines) is 1. The predicted octanol–water partition coefficient (Wildman–Crippen LogP) is 2.93. The van der Waals surface area contributed by atoms with Gasteiger partial charge in [-0.05, 0) is 37.0 Å². The van der Waals surface area contributed by atoms with Gasteiger partial charge < -0.3 is 4.90 Å². The lowest BCUT2D eigenvalue weighted by Gasteiger charge is -2.36. The van der Waals surface area contributed by atoms with Crippen LogP contribution in [0.1, 0.15) is 41.2 Å². The highest BCUT2D eigenvalue weighted by Gasteiger charge is 2.29. The number of nitrogens with zero attached hydrogens (tertiary/aromatic N) is 3. The van der Waals surface area contributed by atoms with E-state index in [1.807, 2.05) is 11.0 Å². The first-order valence-electron chi connectivity index (χ1n) is 7.20. The predicted molar refractivity (Wildman–Crippen MR) is 77.2 cm³/mol. The summed E-state index contributed by atoms with van der Waals surface area (Å²) in [5.41, 5.74) is 1.45. The highest BCUT2D eigenvalue weighted by atomic mass is 19.1. The van der Waals surface area contributed by atoms with Gasteiger partial charge in [0.1, 0.15) is 5.82 Å². The van der Waals surface area contributed by atoms with Gasteiger partial charge in [-0.2, -0.15) is 5.10 Å². The van der Waals surface area contributed by atoms with E-state index in [9.17, 15) is 9.18 Å². The van der Waals surface area contributed by atoms with Crippen LogP contribution in [0.4, 0.5) is 4.39 Å². The number of rotatable bonds is 2. The van der Waals surface area contributed by atoms with Gasteiger partial charge in [0.2, 0.25) is 0 Å². The number of benzene rings is 1. The van der Waals surface area contributed by atoms with E-state index >= 15 is 0 Å². The maximum Gasteiger partial charge on any atom is 0.257 e. The molecule has 0 bridgehead atoms. The van der Waals surface area contributed by atoms with Gasteiger partial charge in [0, 0.05) is 19.8 Å².